The summed E-state index contributed by atoms with van der Waals surface area (Å²) < 4.78 is 4.97. The Labute approximate surface area is 118 Å². The number of allylic oxidation sites excluding steroid dienone is 1. The average Bonchev–Trinajstić information content (AvgIpc) is 2.41. The van der Waals surface area contributed by atoms with E-state index in [4.69, 9.17) is 21.6 Å². The molecule has 0 saturated heterocycles. The van der Waals surface area contributed by atoms with Crippen LogP contribution in [0.1, 0.15) is 38.2 Å². The molecule has 0 N–H and O–H groups in total. The van der Waals surface area contributed by atoms with E-state index in [9.17, 15) is 4.79 Å². The zero-order valence-electron chi connectivity index (χ0n) is 10.9. The second kappa shape index (κ2) is 8.34. The number of carbonyl (C=O) groups excluding carboxylic acids is 1. The van der Waals surface area contributed by atoms with Crippen LogP contribution in [-0.2, 0) is 9.53 Å². The summed E-state index contributed by atoms with van der Waals surface area (Å²) >= 11 is 5.77. The maximum Gasteiger partial charge on any atom is 0.310 e. The molecule has 1 aromatic rings. The fraction of sp³-hybridized carbons (Fsp3) is 0.333. The molecule has 0 aromatic heterocycles. The monoisotopic (exact) mass is 277 g/mol. The molecule has 4 heteroatoms. The van der Waals surface area contributed by atoms with Crippen LogP contribution >= 0.6 is 11.6 Å². The molecule has 0 aliphatic heterocycles. The van der Waals surface area contributed by atoms with Crippen LogP contribution in [0.5, 0.6) is 0 Å². The van der Waals surface area contributed by atoms with Gasteiger partial charge in [-0.1, -0.05) is 43.5 Å². The lowest BCUT2D eigenvalue weighted by molar-refractivity contribution is -0.138. The molecule has 0 bridgehead atoms. The first-order valence-electron chi connectivity index (χ1n) is 6.23. The summed E-state index contributed by atoms with van der Waals surface area (Å²) in [6.07, 6.45) is 4.45. The summed E-state index contributed by atoms with van der Waals surface area (Å²) in [7, 11) is 0. The first-order valence-corrected chi connectivity index (χ1v) is 6.61. The van der Waals surface area contributed by atoms with Gasteiger partial charge in [-0.15, -0.1) is 0 Å². The predicted octanol–water partition coefficient (Wildman–Crippen LogP) is 4.33. The molecule has 0 aliphatic carbocycles. The molecule has 1 rings (SSSR count). The molecule has 19 heavy (non-hydrogen) atoms. The molecule has 0 atom stereocenters. The van der Waals surface area contributed by atoms with Gasteiger partial charge >= 0.3 is 5.97 Å². The van der Waals surface area contributed by atoms with Crippen LogP contribution in [0.4, 0.5) is 0 Å². The van der Waals surface area contributed by atoms with E-state index in [2.05, 4.69) is 6.92 Å². The first kappa shape index (κ1) is 15.3. The van der Waals surface area contributed by atoms with Crippen molar-refractivity contribution < 1.29 is 9.53 Å². The van der Waals surface area contributed by atoms with Gasteiger partial charge in [-0.2, -0.15) is 5.26 Å². The third kappa shape index (κ3) is 5.58. The van der Waals surface area contributed by atoms with Crippen molar-refractivity contribution in [1.82, 2.24) is 0 Å². The molecule has 0 amide bonds. The Kier molecular flexibility index (Phi) is 6.70. The molecule has 0 radical (unpaired) electrons. The maximum absolute atomic E-state index is 11.4. The smallest absolute Gasteiger partial charge is 0.310 e. The van der Waals surface area contributed by atoms with Gasteiger partial charge in [0.05, 0.1) is 5.57 Å². The summed E-state index contributed by atoms with van der Waals surface area (Å²) in [5.74, 6) is -0.310. The van der Waals surface area contributed by atoms with Crippen molar-refractivity contribution >= 4 is 23.1 Å². The molecule has 0 unspecified atom stereocenters. The Morgan fingerprint density at radius 2 is 2.05 bits per heavy atom. The minimum absolute atomic E-state index is 0.306. The highest BCUT2D eigenvalue weighted by Crippen LogP contribution is 2.17. The molecule has 0 aliphatic rings. The summed E-state index contributed by atoms with van der Waals surface area (Å²) in [4.78, 5) is 11.4. The van der Waals surface area contributed by atoms with Crippen molar-refractivity contribution in [3.05, 3.63) is 41.1 Å². The largest absolute Gasteiger partial charge is 0.433 e. The Bertz CT molecular complexity index is 486. The van der Waals surface area contributed by atoms with Gasteiger partial charge in [0.15, 0.2) is 0 Å². The molecular weight excluding hydrogens is 262 g/mol. The molecule has 100 valence electrons. The lowest BCUT2D eigenvalue weighted by Crippen LogP contribution is -1.99. The number of hydrogen-bond acceptors (Lipinski definition) is 3. The fourth-order valence-corrected chi connectivity index (χ4v) is 1.62. The number of ether oxygens (including phenoxy) is 1. The van der Waals surface area contributed by atoms with Crippen LogP contribution in [0.25, 0.3) is 5.57 Å². The van der Waals surface area contributed by atoms with Crippen molar-refractivity contribution in [3.63, 3.8) is 0 Å². The van der Waals surface area contributed by atoms with E-state index in [1.807, 2.05) is 6.07 Å². The average molecular weight is 278 g/mol. The number of carbonyl (C=O) groups is 1. The number of unbranched alkanes of at least 4 members (excludes halogenated alkanes) is 2. The SMILES string of the molecule is CCCCCC(=O)OC=C(C#N)c1ccc(Cl)cc1. The molecule has 0 heterocycles. The predicted molar refractivity (Wildman–Crippen MR) is 75.3 cm³/mol. The van der Waals surface area contributed by atoms with Gasteiger partial charge in [-0.25, -0.2) is 0 Å². The summed E-state index contributed by atoms with van der Waals surface area (Å²) in [5, 5.41) is 9.63. The summed E-state index contributed by atoms with van der Waals surface area (Å²) in [6.45, 7) is 2.07. The number of nitrogens with zero attached hydrogens (tertiary/aromatic N) is 1. The second-order valence-corrected chi connectivity index (χ2v) is 4.53. The van der Waals surface area contributed by atoms with Crippen molar-refractivity contribution in [1.29, 1.82) is 5.26 Å². The van der Waals surface area contributed by atoms with Gasteiger partial charge in [-0.05, 0) is 24.1 Å². The van der Waals surface area contributed by atoms with Gasteiger partial charge in [0.1, 0.15) is 12.3 Å². The minimum atomic E-state index is -0.310. The van der Waals surface area contributed by atoms with Gasteiger partial charge in [0.2, 0.25) is 0 Å². The fourth-order valence-electron chi connectivity index (χ4n) is 1.49. The van der Waals surface area contributed by atoms with Crippen LogP contribution in [0.15, 0.2) is 30.5 Å². The summed E-state index contributed by atoms with van der Waals surface area (Å²) in [5.41, 5.74) is 0.980. The van der Waals surface area contributed by atoms with Gasteiger partial charge in [-0.3, -0.25) is 4.79 Å². The molecular formula is C15H16ClNO2. The van der Waals surface area contributed by atoms with Gasteiger partial charge < -0.3 is 4.74 Å². The Morgan fingerprint density at radius 1 is 1.37 bits per heavy atom. The zero-order valence-corrected chi connectivity index (χ0v) is 11.6. The van der Waals surface area contributed by atoms with Crippen LogP contribution in [0.3, 0.4) is 0 Å². The standard InChI is InChI=1S/C15H16ClNO2/c1-2-3-4-5-15(18)19-11-13(10-17)12-6-8-14(16)9-7-12/h6-9,11H,2-5H2,1H3. The second-order valence-electron chi connectivity index (χ2n) is 4.10. The number of benzene rings is 1. The lowest BCUT2D eigenvalue weighted by Gasteiger charge is -2.01. The van der Waals surface area contributed by atoms with Crippen LogP contribution in [0, 0.1) is 11.3 Å². The molecule has 3 nitrogen and oxygen atoms in total. The highest BCUT2D eigenvalue weighted by atomic mass is 35.5. The van der Waals surface area contributed by atoms with E-state index in [1.54, 1.807) is 24.3 Å². The van der Waals surface area contributed by atoms with Crippen molar-refractivity contribution in [3.8, 4) is 6.07 Å². The van der Waals surface area contributed by atoms with E-state index in [0.29, 0.717) is 22.6 Å². The zero-order chi connectivity index (χ0) is 14.1. The molecule has 1 aromatic carbocycles. The van der Waals surface area contributed by atoms with E-state index < -0.39 is 0 Å². The highest BCUT2D eigenvalue weighted by molar-refractivity contribution is 6.30. The molecule has 0 fully saturated rings. The number of nitriles is 1. The van der Waals surface area contributed by atoms with Crippen LogP contribution in [-0.4, -0.2) is 5.97 Å². The van der Waals surface area contributed by atoms with Crippen LogP contribution < -0.4 is 0 Å². The van der Waals surface area contributed by atoms with Crippen molar-refractivity contribution in [2.45, 2.75) is 32.6 Å². The quantitative estimate of drug-likeness (QED) is 0.337. The molecule has 0 spiro atoms. The Morgan fingerprint density at radius 3 is 2.63 bits per heavy atom. The number of hydrogen-bond donors (Lipinski definition) is 0. The summed E-state index contributed by atoms with van der Waals surface area (Å²) in [6, 6.07) is 8.79. The first-order chi connectivity index (χ1) is 9.17. The number of halogens is 1. The van der Waals surface area contributed by atoms with Gasteiger partial charge in [0, 0.05) is 11.4 Å². The van der Waals surface area contributed by atoms with E-state index in [0.717, 1.165) is 19.3 Å². The third-order valence-corrected chi connectivity index (χ3v) is 2.82. The van der Waals surface area contributed by atoms with Gasteiger partial charge in [0.25, 0.3) is 0 Å². The van der Waals surface area contributed by atoms with Crippen molar-refractivity contribution in [2.75, 3.05) is 0 Å². The van der Waals surface area contributed by atoms with E-state index in [-0.39, 0.29) is 5.97 Å². The Hall–Kier alpha value is -1.79. The number of rotatable bonds is 6. The highest BCUT2D eigenvalue weighted by Gasteiger charge is 2.04. The molecule has 0 saturated carbocycles. The minimum Gasteiger partial charge on any atom is -0.433 e. The maximum atomic E-state index is 11.4. The Balaban J connectivity index is 2.60. The topological polar surface area (TPSA) is 50.1 Å². The lowest BCUT2D eigenvalue weighted by atomic mass is 10.1. The van der Waals surface area contributed by atoms with Crippen LogP contribution in [0.2, 0.25) is 5.02 Å². The number of esters is 1. The van der Waals surface area contributed by atoms with E-state index in [1.165, 1.54) is 6.26 Å². The normalized spacial score (nSPS) is 10.9. The van der Waals surface area contributed by atoms with E-state index >= 15 is 0 Å². The van der Waals surface area contributed by atoms with Crippen molar-refractivity contribution in [2.24, 2.45) is 0 Å². The third-order valence-electron chi connectivity index (χ3n) is 2.57.